The number of aliphatic hydroxyl groups is 1. The number of carbonyl (C=O) groups excluding carboxylic acids is 4. The third kappa shape index (κ3) is 3.48. The van der Waals surface area contributed by atoms with Crippen molar-refractivity contribution >= 4 is 29.0 Å². The number of benzene rings is 2. The fourth-order valence-electron chi connectivity index (χ4n) is 7.97. The molecular weight excluding hydrogens is 518 g/mol. The molecule has 1 N–H and O–H groups in total. The molecule has 1 saturated carbocycles. The van der Waals surface area contributed by atoms with Crippen molar-refractivity contribution in [3.05, 3.63) is 113 Å². The average Bonchev–Trinajstić information content (AvgIpc) is 3.57. The van der Waals surface area contributed by atoms with Crippen molar-refractivity contribution in [1.29, 1.82) is 0 Å². The molecule has 4 aliphatic rings. The Balaban J connectivity index is 1.51. The first-order valence-corrected chi connectivity index (χ1v) is 14.0. The largest absolute Gasteiger partial charge is 0.463 e. The van der Waals surface area contributed by atoms with E-state index in [9.17, 15) is 24.3 Å². The van der Waals surface area contributed by atoms with E-state index in [0.29, 0.717) is 34.6 Å². The van der Waals surface area contributed by atoms with Gasteiger partial charge in [0.1, 0.15) is 18.1 Å². The highest BCUT2D eigenvalue weighted by Gasteiger charge is 2.66. The van der Waals surface area contributed by atoms with Crippen LogP contribution in [0.2, 0.25) is 0 Å². The second-order valence-corrected chi connectivity index (χ2v) is 11.5. The average molecular weight is 548 g/mol. The van der Waals surface area contributed by atoms with Crippen LogP contribution in [0, 0.1) is 23.7 Å². The van der Waals surface area contributed by atoms with Gasteiger partial charge >= 0.3 is 0 Å². The lowest BCUT2D eigenvalue weighted by Gasteiger charge is -2.54. The Morgan fingerprint density at radius 1 is 0.902 bits per heavy atom. The molecule has 1 saturated heterocycles. The van der Waals surface area contributed by atoms with Gasteiger partial charge in [0, 0.05) is 18.5 Å². The van der Waals surface area contributed by atoms with E-state index in [1.54, 1.807) is 12.1 Å². The van der Waals surface area contributed by atoms with Gasteiger partial charge in [0.05, 0.1) is 23.2 Å². The standard InChI is InChI=1S/C34H29NO6/c1-35-32(39)23-14-13-22-25(29(23)33(35)40)16-26-31(38)24(19-8-4-2-5-9-19)17-28(37)34(26,20-10-6-3-7-11-20)30(22)27-15-12-21(18-36)41-27/h2-13,15,17,23,25-26,29-30,36H,14,16,18H2,1H3. The normalized spacial score (nSPS) is 30.9. The first-order valence-electron chi connectivity index (χ1n) is 14.0. The molecule has 0 spiro atoms. The molecule has 7 heteroatoms. The number of amides is 2. The van der Waals surface area contributed by atoms with E-state index in [2.05, 4.69) is 0 Å². The molecule has 206 valence electrons. The van der Waals surface area contributed by atoms with Gasteiger partial charge in [-0.15, -0.1) is 0 Å². The van der Waals surface area contributed by atoms with Gasteiger partial charge in [-0.25, -0.2) is 0 Å². The first kappa shape index (κ1) is 25.6. The van der Waals surface area contributed by atoms with Crippen LogP contribution in [0.3, 0.4) is 0 Å². The lowest BCUT2D eigenvalue weighted by Crippen LogP contribution is -2.58. The number of fused-ring (bicyclic) bond motifs is 4. The molecule has 0 radical (unpaired) electrons. The van der Waals surface area contributed by atoms with Gasteiger partial charge in [-0.3, -0.25) is 24.1 Å². The van der Waals surface area contributed by atoms with Gasteiger partial charge in [0.2, 0.25) is 11.8 Å². The quantitative estimate of drug-likeness (QED) is 0.387. The molecule has 7 nitrogen and oxygen atoms in total. The third-order valence-electron chi connectivity index (χ3n) is 9.72. The number of rotatable bonds is 4. The van der Waals surface area contributed by atoms with Gasteiger partial charge in [0.15, 0.2) is 11.6 Å². The number of allylic oxidation sites excluding steroid dienone is 4. The molecule has 1 aromatic heterocycles. The SMILES string of the molecule is CN1C(=O)C2CC=C3C(CC4C(=O)C(c5ccccc5)=CC(=O)C4(c4ccccc4)C3c3ccc(CO)o3)C2C1=O. The number of hydrogen-bond donors (Lipinski definition) is 1. The van der Waals surface area contributed by atoms with Crippen LogP contribution in [-0.2, 0) is 31.2 Å². The fraction of sp³-hybridized carbons (Fsp3) is 0.294. The van der Waals surface area contributed by atoms with Crippen LogP contribution in [0.15, 0.2) is 94.9 Å². The van der Waals surface area contributed by atoms with E-state index >= 15 is 0 Å². The number of hydrogen-bond acceptors (Lipinski definition) is 6. The summed E-state index contributed by atoms with van der Waals surface area (Å²) < 4.78 is 6.15. The van der Waals surface area contributed by atoms with Crippen LogP contribution in [0.25, 0.3) is 5.57 Å². The second kappa shape index (κ2) is 9.35. The molecular formula is C34H29NO6. The maximum Gasteiger partial charge on any atom is 0.233 e. The van der Waals surface area contributed by atoms with Gasteiger partial charge in [-0.1, -0.05) is 72.3 Å². The molecule has 6 atom stereocenters. The summed E-state index contributed by atoms with van der Waals surface area (Å²) in [6, 6.07) is 22.0. The maximum atomic E-state index is 14.7. The van der Waals surface area contributed by atoms with Crippen LogP contribution in [-0.4, -0.2) is 40.4 Å². The van der Waals surface area contributed by atoms with Gasteiger partial charge < -0.3 is 9.52 Å². The van der Waals surface area contributed by atoms with E-state index in [1.165, 1.54) is 18.0 Å². The number of furan rings is 1. The number of ketones is 2. The highest BCUT2D eigenvalue weighted by Crippen LogP contribution is 2.63. The summed E-state index contributed by atoms with van der Waals surface area (Å²) in [6.45, 7) is -0.315. The zero-order chi connectivity index (χ0) is 28.5. The zero-order valence-electron chi connectivity index (χ0n) is 22.5. The molecule has 2 aromatic carbocycles. The number of Topliss-reactive ketones (excluding diaryl/α,β-unsaturated/α-hetero) is 1. The number of aliphatic hydroxyl groups excluding tert-OH is 1. The molecule has 41 heavy (non-hydrogen) atoms. The van der Waals surface area contributed by atoms with E-state index in [0.717, 1.165) is 5.57 Å². The van der Waals surface area contributed by atoms with E-state index < -0.39 is 35.0 Å². The van der Waals surface area contributed by atoms with E-state index in [1.807, 2.05) is 66.7 Å². The number of imide groups is 1. The van der Waals surface area contributed by atoms with Gasteiger partial charge in [0.25, 0.3) is 0 Å². The van der Waals surface area contributed by atoms with Crippen molar-refractivity contribution in [2.45, 2.75) is 30.8 Å². The van der Waals surface area contributed by atoms with Crippen molar-refractivity contribution in [3.63, 3.8) is 0 Å². The molecule has 6 unspecified atom stereocenters. The molecule has 1 aliphatic heterocycles. The predicted molar refractivity (Wildman–Crippen MR) is 149 cm³/mol. The summed E-state index contributed by atoms with van der Waals surface area (Å²) in [7, 11) is 1.52. The second-order valence-electron chi connectivity index (χ2n) is 11.5. The molecule has 2 heterocycles. The molecule has 2 amide bonds. The van der Waals surface area contributed by atoms with Gasteiger partial charge in [-0.05, 0) is 48.1 Å². The summed E-state index contributed by atoms with van der Waals surface area (Å²) in [4.78, 5) is 57.1. The Bertz CT molecular complexity index is 1650. The number of nitrogens with zero attached hydrogens (tertiary/aromatic N) is 1. The highest BCUT2D eigenvalue weighted by molar-refractivity contribution is 6.31. The molecule has 0 bridgehead atoms. The van der Waals surface area contributed by atoms with E-state index in [4.69, 9.17) is 4.42 Å². The molecule has 3 aliphatic carbocycles. The van der Waals surface area contributed by atoms with Crippen molar-refractivity contribution in [1.82, 2.24) is 4.90 Å². The fourth-order valence-corrected chi connectivity index (χ4v) is 7.97. The summed E-state index contributed by atoms with van der Waals surface area (Å²) in [6.07, 6.45) is 4.11. The Morgan fingerprint density at radius 2 is 1.61 bits per heavy atom. The maximum absolute atomic E-state index is 14.7. The Morgan fingerprint density at radius 3 is 2.29 bits per heavy atom. The lowest BCUT2D eigenvalue weighted by atomic mass is 9.45. The van der Waals surface area contributed by atoms with Crippen LogP contribution in [0.5, 0.6) is 0 Å². The lowest BCUT2D eigenvalue weighted by molar-refractivity contribution is -0.139. The topological polar surface area (TPSA) is 105 Å². The first-order chi connectivity index (χ1) is 19.9. The van der Waals surface area contributed by atoms with Crippen molar-refractivity contribution in [3.8, 4) is 0 Å². The summed E-state index contributed by atoms with van der Waals surface area (Å²) in [5.74, 6) is -3.03. The third-order valence-corrected chi connectivity index (χ3v) is 9.72. The Labute approximate surface area is 237 Å². The molecule has 2 fully saturated rings. The minimum absolute atomic E-state index is 0.162. The van der Waals surface area contributed by atoms with Crippen LogP contribution >= 0.6 is 0 Å². The van der Waals surface area contributed by atoms with E-state index in [-0.39, 0.29) is 36.4 Å². The van der Waals surface area contributed by atoms with Crippen LogP contribution in [0.1, 0.15) is 41.4 Å². The summed E-state index contributed by atoms with van der Waals surface area (Å²) >= 11 is 0. The van der Waals surface area contributed by atoms with Crippen molar-refractivity contribution in [2.24, 2.45) is 23.7 Å². The smallest absolute Gasteiger partial charge is 0.233 e. The summed E-state index contributed by atoms with van der Waals surface area (Å²) in [5, 5.41) is 9.84. The van der Waals surface area contributed by atoms with Crippen LogP contribution < -0.4 is 0 Å². The summed E-state index contributed by atoms with van der Waals surface area (Å²) in [5.41, 5.74) is 1.24. The minimum atomic E-state index is -1.33. The van der Waals surface area contributed by atoms with Gasteiger partial charge in [-0.2, -0.15) is 0 Å². The van der Waals surface area contributed by atoms with Crippen LogP contribution in [0.4, 0.5) is 0 Å². The zero-order valence-corrected chi connectivity index (χ0v) is 22.5. The molecule has 3 aromatic rings. The Kier molecular flexibility index (Phi) is 5.84. The minimum Gasteiger partial charge on any atom is -0.463 e. The predicted octanol–water partition coefficient (Wildman–Crippen LogP) is 4.23. The van der Waals surface area contributed by atoms with Crippen molar-refractivity contribution in [2.75, 3.05) is 7.05 Å². The highest BCUT2D eigenvalue weighted by atomic mass is 16.4. The number of carbonyl (C=O) groups is 4. The van der Waals surface area contributed by atoms with Crippen molar-refractivity contribution < 1.29 is 28.7 Å². The monoisotopic (exact) mass is 547 g/mol. The Hall–Kier alpha value is -4.36. The molecule has 7 rings (SSSR count). The number of likely N-dealkylation sites (tertiary alicyclic amines) is 1.